The summed E-state index contributed by atoms with van der Waals surface area (Å²) in [6.45, 7) is -0.136. The van der Waals surface area contributed by atoms with Gasteiger partial charge in [-0.15, -0.1) is 0 Å². The van der Waals surface area contributed by atoms with Gasteiger partial charge in [0.05, 0.1) is 18.0 Å². The second-order valence-electron chi connectivity index (χ2n) is 5.33. The van der Waals surface area contributed by atoms with Crippen molar-refractivity contribution in [2.24, 2.45) is 12.2 Å². The zero-order valence-corrected chi connectivity index (χ0v) is 16.5. The summed E-state index contributed by atoms with van der Waals surface area (Å²) in [7, 11) is 2.65. The maximum atomic E-state index is 13.0. The van der Waals surface area contributed by atoms with Crippen LogP contribution in [-0.2, 0) is 29.3 Å². The molecule has 12 heteroatoms. The zero-order valence-electron chi connectivity index (χ0n) is 14.1. The minimum atomic E-state index is -4.64. The molecule has 0 spiro atoms. The molecule has 0 atom stereocenters. The van der Waals surface area contributed by atoms with E-state index < -0.39 is 24.2 Å². The van der Waals surface area contributed by atoms with E-state index in [0.717, 1.165) is 10.9 Å². The molecule has 0 aliphatic rings. The van der Waals surface area contributed by atoms with Crippen molar-refractivity contribution in [2.75, 3.05) is 13.7 Å². The SMILES string of the molecule is CON=C(CNC(=O)Cc1cn(C)nc1C(F)(F)F)c1ncc(Br)cc1Cl. The van der Waals surface area contributed by atoms with Crippen LogP contribution in [0.5, 0.6) is 0 Å². The quantitative estimate of drug-likeness (QED) is 0.522. The van der Waals surface area contributed by atoms with Crippen LogP contribution in [0.4, 0.5) is 13.2 Å². The maximum absolute atomic E-state index is 13.0. The molecular formula is C15H14BrClF3N5O2. The van der Waals surface area contributed by atoms with Crippen LogP contribution in [0.2, 0.25) is 5.02 Å². The number of aryl methyl sites for hydroxylation is 1. The van der Waals surface area contributed by atoms with E-state index >= 15 is 0 Å². The number of halogens is 5. The highest BCUT2D eigenvalue weighted by molar-refractivity contribution is 9.10. The highest BCUT2D eigenvalue weighted by atomic mass is 79.9. The molecule has 1 amide bonds. The van der Waals surface area contributed by atoms with Crippen LogP contribution in [-0.4, -0.2) is 40.0 Å². The third-order valence-corrected chi connectivity index (χ3v) is 3.98. The van der Waals surface area contributed by atoms with Gasteiger partial charge in [0.25, 0.3) is 0 Å². The van der Waals surface area contributed by atoms with E-state index in [9.17, 15) is 18.0 Å². The molecule has 0 saturated heterocycles. The molecule has 0 radical (unpaired) electrons. The van der Waals surface area contributed by atoms with Crippen molar-refractivity contribution in [1.29, 1.82) is 0 Å². The molecular weight excluding hydrogens is 455 g/mol. The predicted octanol–water partition coefficient (Wildman–Crippen LogP) is 2.96. The highest BCUT2D eigenvalue weighted by Gasteiger charge is 2.37. The molecule has 0 saturated carbocycles. The Labute approximate surface area is 165 Å². The molecule has 0 aromatic carbocycles. The molecule has 0 aliphatic carbocycles. The van der Waals surface area contributed by atoms with Gasteiger partial charge in [0, 0.05) is 29.5 Å². The Hall–Kier alpha value is -2.14. The van der Waals surface area contributed by atoms with Crippen molar-refractivity contribution in [3.8, 4) is 0 Å². The summed E-state index contributed by atoms with van der Waals surface area (Å²) in [6, 6.07) is 1.59. The van der Waals surface area contributed by atoms with Gasteiger partial charge in [-0.05, 0) is 22.0 Å². The topological polar surface area (TPSA) is 81.4 Å². The molecule has 27 heavy (non-hydrogen) atoms. The van der Waals surface area contributed by atoms with Crippen LogP contribution in [0, 0.1) is 0 Å². The molecule has 1 N–H and O–H groups in total. The Morgan fingerprint density at radius 3 is 2.78 bits per heavy atom. The summed E-state index contributed by atoms with van der Waals surface area (Å²) in [5, 5.41) is 9.88. The van der Waals surface area contributed by atoms with Crippen LogP contribution < -0.4 is 5.32 Å². The van der Waals surface area contributed by atoms with Crippen LogP contribution in [0.25, 0.3) is 0 Å². The summed E-state index contributed by atoms with van der Waals surface area (Å²) in [6.07, 6.45) is -2.50. The van der Waals surface area contributed by atoms with Crippen LogP contribution >= 0.6 is 27.5 Å². The minimum Gasteiger partial charge on any atom is -0.399 e. The summed E-state index contributed by atoms with van der Waals surface area (Å²) in [5.41, 5.74) is -0.832. The number of hydrogen-bond acceptors (Lipinski definition) is 5. The molecule has 0 aliphatic heterocycles. The number of aromatic nitrogens is 3. The Balaban J connectivity index is 2.10. The standard InChI is InChI=1S/C15H14BrClF3N5O2/c1-25-7-8(14(23-25)15(18,19)20)3-12(26)21-6-11(24-27-2)13-10(17)4-9(16)5-22-13/h4-5,7H,3,6H2,1-2H3,(H,21,26). The number of oxime groups is 1. The van der Waals surface area contributed by atoms with Crippen LogP contribution in [0.1, 0.15) is 17.0 Å². The zero-order chi connectivity index (χ0) is 20.2. The van der Waals surface area contributed by atoms with Crippen molar-refractivity contribution in [1.82, 2.24) is 20.1 Å². The van der Waals surface area contributed by atoms with Gasteiger partial charge in [-0.25, -0.2) is 0 Å². The molecule has 2 aromatic rings. The number of carbonyl (C=O) groups excluding carboxylic acids is 1. The van der Waals surface area contributed by atoms with Gasteiger partial charge in [-0.1, -0.05) is 16.8 Å². The molecule has 146 valence electrons. The summed E-state index contributed by atoms with van der Waals surface area (Å²) in [5.74, 6) is -0.648. The number of alkyl halides is 3. The number of pyridine rings is 1. The average Bonchev–Trinajstić information content (AvgIpc) is 2.92. The minimum absolute atomic E-state index is 0.136. The van der Waals surface area contributed by atoms with Crippen LogP contribution in [0.3, 0.4) is 0 Å². The van der Waals surface area contributed by atoms with Crippen LogP contribution in [0.15, 0.2) is 28.1 Å². The van der Waals surface area contributed by atoms with Crippen molar-refractivity contribution in [2.45, 2.75) is 12.6 Å². The smallest absolute Gasteiger partial charge is 0.399 e. The average molecular weight is 469 g/mol. The fourth-order valence-electron chi connectivity index (χ4n) is 2.22. The second kappa shape index (κ2) is 8.70. The van der Waals surface area contributed by atoms with Gasteiger partial charge in [-0.2, -0.15) is 18.3 Å². The van der Waals surface area contributed by atoms with E-state index in [1.807, 2.05) is 0 Å². The fraction of sp³-hybridized carbons (Fsp3) is 0.333. The third kappa shape index (κ3) is 5.67. The van der Waals surface area contributed by atoms with Crippen molar-refractivity contribution >= 4 is 39.1 Å². The molecule has 2 heterocycles. The fourth-order valence-corrected chi connectivity index (χ4v) is 2.96. The highest BCUT2D eigenvalue weighted by Crippen LogP contribution is 2.30. The lowest BCUT2D eigenvalue weighted by Gasteiger charge is -2.10. The molecule has 0 fully saturated rings. The Kier molecular flexibility index (Phi) is 6.82. The van der Waals surface area contributed by atoms with E-state index in [2.05, 4.69) is 36.5 Å². The third-order valence-electron chi connectivity index (χ3n) is 3.26. The number of nitrogens with zero attached hydrogens (tertiary/aromatic N) is 4. The first-order valence-electron chi connectivity index (χ1n) is 7.39. The first-order valence-corrected chi connectivity index (χ1v) is 8.56. The van der Waals surface area contributed by atoms with Gasteiger partial charge < -0.3 is 10.2 Å². The maximum Gasteiger partial charge on any atom is 0.435 e. The van der Waals surface area contributed by atoms with E-state index in [-0.39, 0.29) is 28.5 Å². The summed E-state index contributed by atoms with van der Waals surface area (Å²) in [4.78, 5) is 20.9. The van der Waals surface area contributed by atoms with Gasteiger partial charge in [0.1, 0.15) is 18.5 Å². The number of carbonyl (C=O) groups is 1. The van der Waals surface area contributed by atoms with Gasteiger partial charge >= 0.3 is 6.18 Å². The number of rotatable bonds is 6. The number of hydrogen-bond donors (Lipinski definition) is 1. The lowest BCUT2D eigenvalue weighted by atomic mass is 10.1. The Morgan fingerprint density at radius 2 is 2.19 bits per heavy atom. The molecule has 2 rings (SSSR count). The van der Waals surface area contributed by atoms with Crippen molar-refractivity contribution in [3.63, 3.8) is 0 Å². The normalized spacial score (nSPS) is 12.2. The van der Waals surface area contributed by atoms with E-state index in [4.69, 9.17) is 16.4 Å². The summed E-state index contributed by atoms with van der Waals surface area (Å²) >= 11 is 9.32. The predicted molar refractivity (Wildman–Crippen MR) is 95.4 cm³/mol. The Bertz CT molecular complexity index is 870. The first kappa shape index (κ1) is 21.2. The van der Waals surface area contributed by atoms with Gasteiger partial charge in [0.15, 0.2) is 5.69 Å². The molecule has 0 unspecified atom stereocenters. The van der Waals surface area contributed by atoms with E-state index in [1.54, 1.807) is 6.07 Å². The van der Waals surface area contributed by atoms with Crippen molar-refractivity contribution in [3.05, 3.63) is 44.9 Å². The molecule has 2 aromatic heterocycles. The largest absolute Gasteiger partial charge is 0.435 e. The second-order valence-corrected chi connectivity index (χ2v) is 6.66. The van der Waals surface area contributed by atoms with Crippen molar-refractivity contribution < 1.29 is 22.8 Å². The monoisotopic (exact) mass is 467 g/mol. The lowest BCUT2D eigenvalue weighted by molar-refractivity contribution is -0.142. The molecule has 7 nitrogen and oxygen atoms in total. The first-order chi connectivity index (χ1) is 12.6. The van der Waals surface area contributed by atoms with Gasteiger partial charge in [0.2, 0.25) is 5.91 Å². The number of amides is 1. The van der Waals surface area contributed by atoms with Gasteiger partial charge in [-0.3, -0.25) is 14.5 Å². The summed E-state index contributed by atoms with van der Waals surface area (Å²) < 4.78 is 40.5. The number of nitrogens with one attached hydrogen (secondary N) is 1. The lowest BCUT2D eigenvalue weighted by Crippen LogP contribution is -2.32. The van der Waals surface area contributed by atoms with E-state index in [0.29, 0.717) is 4.47 Å². The Morgan fingerprint density at radius 1 is 1.48 bits per heavy atom. The van der Waals surface area contributed by atoms with E-state index in [1.165, 1.54) is 20.4 Å². The molecule has 0 bridgehead atoms.